The van der Waals surface area contributed by atoms with Gasteiger partial charge in [-0.15, -0.1) is 0 Å². The second-order valence-electron chi connectivity index (χ2n) is 5.43. The minimum atomic E-state index is 0.493. The van der Waals surface area contributed by atoms with E-state index >= 15 is 0 Å². The summed E-state index contributed by atoms with van der Waals surface area (Å²) in [5.41, 5.74) is 3.28. The molecule has 0 fully saturated rings. The fraction of sp³-hybridized carbons (Fsp3) is 0.316. The van der Waals surface area contributed by atoms with Gasteiger partial charge in [0.05, 0.1) is 6.61 Å². The largest absolute Gasteiger partial charge is 0.494 e. The molecule has 0 saturated heterocycles. The van der Waals surface area contributed by atoms with Crippen molar-refractivity contribution < 1.29 is 4.74 Å². The summed E-state index contributed by atoms with van der Waals surface area (Å²) in [5.74, 6) is 1.35. The lowest BCUT2D eigenvalue weighted by Crippen LogP contribution is -2.20. The maximum atomic E-state index is 5.44. The van der Waals surface area contributed by atoms with Gasteiger partial charge < -0.3 is 15.4 Å². The van der Waals surface area contributed by atoms with Crippen molar-refractivity contribution in [1.29, 1.82) is 0 Å². The molecule has 2 aromatic carbocycles. The summed E-state index contributed by atoms with van der Waals surface area (Å²) < 4.78 is 5.44. The van der Waals surface area contributed by atoms with Crippen LogP contribution in [0.3, 0.4) is 0 Å². The Morgan fingerprint density at radius 3 is 2.39 bits per heavy atom. The summed E-state index contributed by atoms with van der Waals surface area (Å²) in [6.45, 7) is 7.06. The number of hydrogen-bond donors (Lipinski definition) is 2. The minimum Gasteiger partial charge on any atom is -0.494 e. The second-order valence-corrected chi connectivity index (χ2v) is 5.84. The van der Waals surface area contributed by atoms with Gasteiger partial charge >= 0.3 is 0 Å². The highest BCUT2D eigenvalue weighted by atomic mass is 32.1. The van der Waals surface area contributed by atoms with E-state index in [1.807, 2.05) is 37.3 Å². The number of thiocarbonyl (C=S) groups is 1. The Kier molecular flexibility index (Phi) is 6.41. The fourth-order valence-corrected chi connectivity index (χ4v) is 2.57. The molecule has 0 amide bonds. The second kappa shape index (κ2) is 8.53. The monoisotopic (exact) mass is 328 g/mol. The lowest BCUT2D eigenvalue weighted by molar-refractivity contribution is 0.340. The summed E-state index contributed by atoms with van der Waals surface area (Å²) in [6.07, 6.45) is 1.10. The summed E-state index contributed by atoms with van der Waals surface area (Å²) in [5, 5.41) is 7.10. The van der Waals surface area contributed by atoms with Gasteiger partial charge in [0, 0.05) is 11.4 Å². The summed E-state index contributed by atoms with van der Waals surface area (Å²) in [7, 11) is 0. The third-order valence-electron chi connectivity index (χ3n) is 3.78. The van der Waals surface area contributed by atoms with Crippen LogP contribution >= 0.6 is 12.2 Å². The van der Waals surface area contributed by atoms with Crippen molar-refractivity contribution in [3.05, 3.63) is 54.1 Å². The molecule has 0 bridgehead atoms. The van der Waals surface area contributed by atoms with Crippen molar-refractivity contribution in [1.82, 2.24) is 0 Å². The number of benzene rings is 2. The van der Waals surface area contributed by atoms with Crippen molar-refractivity contribution in [3.63, 3.8) is 0 Å². The van der Waals surface area contributed by atoms with Crippen LogP contribution in [-0.4, -0.2) is 11.7 Å². The van der Waals surface area contributed by atoms with E-state index in [1.54, 1.807) is 0 Å². The average Bonchev–Trinajstić information content (AvgIpc) is 2.56. The molecule has 23 heavy (non-hydrogen) atoms. The van der Waals surface area contributed by atoms with E-state index in [0.717, 1.165) is 23.5 Å². The van der Waals surface area contributed by atoms with Crippen LogP contribution in [0.25, 0.3) is 0 Å². The standard InChI is InChI=1S/C19H24N2OS/c1-4-14(3)17-8-6-7-9-18(17)21-19(23)20-15-10-12-16(13-11-15)22-5-2/h6-14H,4-5H2,1-3H3,(H2,20,21,23). The first-order valence-corrected chi connectivity index (χ1v) is 8.44. The van der Waals surface area contributed by atoms with Gasteiger partial charge in [-0.3, -0.25) is 0 Å². The number of ether oxygens (including phenoxy) is 1. The Morgan fingerprint density at radius 2 is 1.74 bits per heavy atom. The van der Waals surface area contributed by atoms with Crippen LogP contribution in [0.4, 0.5) is 11.4 Å². The molecule has 2 aromatic rings. The van der Waals surface area contributed by atoms with Crippen LogP contribution < -0.4 is 15.4 Å². The van der Waals surface area contributed by atoms with Crippen LogP contribution in [-0.2, 0) is 0 Å². The lowest BCUT2D eigenvalue weighted by atomic mass is 9.97. The maximum absolute atomic E-state index is 5.44. The Balaban J connectivity index is 2.02. The minimum absolute atomic E-state index is 0.493. The van der Waals surface area contributed by atoms with E-state index in [9.17, 15) is 0 Å². The Labute approximate surface area is 144 Å². The molecule has 4 heteroatoms. The van der Waals surface area contributed by atoms with Crippen LogP contribution in [0.1, 0.15) is 38.7 Å². The SMILES string of the molecule is CCOc1ccc(NC(=S)Nc2ccccc2C(C)CC)cc1. The zero-order valence-corrected chi connectivity index (χ0v) is 14.7. The van der Waals surface area contributed by atoms with Crippen molar-refractivity contribution in [2.24, 2.45) is 0 Å². The molecule has 2 rings (SSSR count). The quantitative estimate of drug-likeness (QED) is 0.695. The number of hydrogen-bond acceptors (Lipinski definition) is 2. The van der Waals surface area contributed by atoms with E-state index in [2.05, 4.69) is 42.7 Å². The van der Waals surface area contributed by atoms with E-state index in [-0.39, 0.29) is 0 Å². The normalized spacial score (nSPS) is 11.6. The first-order valence-electron chi connectivity index (χ1n) is 8.03. The fourth-order valence-electron chi connectivity index (χ4n) is 2.35. The molecular formula is C19H24N2OS. The van der Waals surface area contributed by atoms with E-state index in [1.165, 1.54) is 5.56 Å². The molecule has 0 aliphatic rings. The molecular weight excluding hydrogens is 304 g/mol. The van der Waals surface area contributed by atoms with Crippen molar-refractivity contribution in [2.45, 2.75) is 33.1 Å². The van der Waals surface area contributed by atoms with Gasteiger partial charge in [-0.2, -0.15) is 0 Å². The molecule has 0 aliphatic heterocycles. The van der Waals surface area contributed by atoms with Crippen molar-refractivity contribution in [2.75, 3.05) is 17.2 Å². The summed E-state index contributed by atoms with van der Waals surface area (Å²) in [6, 6.07) is 16.1. The predicted octanol–water partition coefficient (Wildman–Crippen LogP) is 5.41. The number of anilines is 2. The Hall–Kier alpha value is -2.07. The Bertz CT molecular complexity index is 640. The Morgan fingerprint density at radius 1 is 1.04 bits per heavy atom. The number of para-hydroxylation sites is 1. The van der Waals surface area contributed by atoms with E-state index in [0.29, 0.717) is 17.6 Å². The van der Waals surface area contributed by atoms with Gasteiger partial charge in [-0.05, 0) is 67.4 Å². The van der Waals surface area contributed by atoms with Gasteiger partial charge in [0.1, 0.15) is 5.75 Å². The third-order valence-corrected chi connectivity index (χ3v) is 3.98. The highest BCUT2D eigenvalue weighted by Crippen LogP contribution is 2.26. The highest BCUT2D eigenvalue weighted by molar-refractivity contribution is 7.80. The topological polar surface area (TPSA) is 33.3 Å². The third kappa shape index (κ3) is 4.96. The molecule has 0 spiro atoms. The van der Waals surface area contributed by atoms with E-state index in [4.69, 9.17) is 17.0 Å². The van der Waals surface area contributed by atoms with Crippen LogP contribution in [0.15, 0.2) is 48.5 Å². The zero-order valence-electron chi connectivity index (χ0n) is 13.9. The van der Waals surface area contributed by atoms with Gasteiger partial charge in [0.25, 0.3) is 0 Å². The molecule has 2 N–H and O–H groups in total. The van der Waals surface area contributed by atoms with Gasteiger partial charge in [0.2, 0.25) is 0 Å². The molecule has 122 valence electrons. The number of nitrogens with one attached hydrogen (secondary N) is 2. The highest BCUT2D eigenvalue weighted by Gasteiger charge is 2.09. The van der Waals surface area contributed by atoms with Gasteiger partial charge in [0.15, 0.2) is 5.11 Å². The summed E-state index contributed by atoms with van der Waals surface area (Å²) >= 11 is 5.43. The van der Waals surface area contributed by atoms with Crippen molar-refractivity contribution in [3.8, 4) is 5.75 Å². The first-order chi connectivity index (χ1) is 11.1. The molecule has 0 aliphatic carbocycles. The summed E-state index contributed by atoms with van der Waals surface area (Å²) in [4.78, 5) is 0. The molecule has 0 heterocycles. The van der Waals surface area contributed by atoms with Crippen LogP contribution in [0.2, 0.25) is 0 Å². The average molecular weight is 328 g/mol. The number of rotatable bonds is 6. The zero-order chi connectivity index (χ0) is 16.7. The maximum Gasteiger partial charge on any atom is 0.175 e. The molecule has 3 nitrogen and oxygen atoms in total. The lowest BCUT2D eigenvalue weighted by Gasteiger charge is -2.17. The smallest absolute Gasteiger partial charge is 0.175 e. The van der Waals surface area contributed by atoms with Gasteiger partial charge in [-0.25, -0.2) is 0 Å². The molecule has 1 unspecified atom stereocenters. The van der Waals surface area contributed by atoms with Crippen molar-refractivity contribution >= 4 is 28.7 Å². The molecule has 0 saturated carbocycles. The predicted molar refractivity (Wildman–Crippen MR) is 103 cm³/mol. The van der Waals surface area contributed by atoms with Crippen LogP contribution in [0.5, 0.6) is 5.75 Å². The van der Waals surface area contributed by atoms with E-state index < -0.39 is 0 Å². The van der Waals surface area contributed by atoms with Gasteiger partial charge in [-0.1, -0.05) is 32.0 Å². The first kappa shape index (κ1) is 17.3. The molecule has 1 atom stereocenters. The molecule has 0 aromatic heterocycles. The van der Waals surface area contributed by atoms with Crippen LogP contribution in [0, 0.1) is 0 Å². The molecule has 0 radical (unpaired) electrons.